The Morgan fingerprint density at radius 3 is 2.81 bits per heavy atom. The second-order valence-corrected chi connectivity index (χ2v) is 6.39. The van der Waals surface area contributed by atoms with Crippen molar-refractivity contribution in [2.75, 3.05) is 46.4 Å². The molecule has 0 spiro atoms. The van der Waals surface area contributed by atoms with E-state index < -0.39 is 0 Å². The van der Waals surface area contributed by atoms with Crippen LogP contribution in [0.2, 0.25) is 0 Å². The number of nitrogens with zero attached hydrogens (tertiary/aromatic N) is 4. The molecule has 1 aromatic heterocycles. The fourth-order valence-corrected chi connectivity index (χ4v) is 3.04. The van der Waals surface area contributed by atoms with Gasteiger partial charge in [0.2, 0.25) is 0 Å². The maximum atomic E-state index is 5.78. The number of aliphatic imine (C=N–C) groups is 1. The molecule has 1 aromatic carbocycles. The molecule has 26 heavy (non-hydrogen) atoms. The molecule has 1 fully saturated rings. The first-order valence-electron chi connectivity index (χ1n) is 9.01. The molecule has 140 valence electrons. The Balaban J connectivity index is 1.38. The molecule has 0 amide bonds. The average molecular weight is 357 g/mol. The fraction of sp³-hybridized carbons (Fsp3) is 0.474. The van der Waals surface area contributed by atoms with Gasteiger partial charge in [0.1, 0.15) is 18.6 Å². The van der Waals surface area contributed by atoms with E-state index in [1.165, 1.54) is 5.56 Å². The van der Waals surface area contributed by atoms with Gasteiger partial charge in [-0.3, -0.25) is 9.89 Å². The normalized spacial score (nSPS) is 15.9. The molecule has 1 N–H and O–H groups in total. The lowest BCUT2D eigenvalue weighted by Gasteiger charge is -2.36. The van der Waals surface area contributed by atoms with Crippen molar-refractivity contribution in [1.29, 1.82) is 0 Å². The summed E-state index contributed by atoms with van der Waals surface area (Å²) in [5.41, 5.74) is 2.18. The molecule has 0 bridgehead atoms. The molecular weight excluding hydrogens is 330 g/mol. The number of nitrogens with one attached hydrogen (secondary N) is 1. The third-order valence-electron chi connectivity index (χ3n) is 4.40. The SMILES string of the molecule is CN=C(NCCOc1cccc(C)c1)N1CCN(Cc2ccon2)CC1. The summed E-state index contributed by atoms with van der Waals surface area (Å²) in [4.78, 5) is 9.06. The first-order valence-corrected chi connectivity index (χ1v) is 9.01. The molecule has 2 aromatic rings. The molecule has 2 heterocycles. The Hall–Kier alpha value is -2.54. The number of benzene rings is 1. The molecule has 3 rings (SSSR count). The molecule has 1 aliphatic rings. The van der Waals surface area contributed by atoms with Gasteiger partial charge in [0.05, 0.1) is 12.2 Å². The molecule has 0 aliphatic carbocycles. The highest BCUT2D eigenvalue weighted by Gasteiger charge is 2.20. The van der Waals surface area contributed by atoms with Gasteiger partial charge in [0.25, 0.3) is 0 Å². The van der Waals surface area contributed by atoms with Crippen LogP contribution in [0.3, 0.4) is 0 Å². The van der Waals surface area contributed by atoms with E-state index in [9.17, 15) is 0 Å². The minimum absolute atomic E-state index is 0.606. The number of piperazine rings is 1. The Labute approximate surface area is 154 Å². The van der Waals surface area contributed by atoms with Crippen molar-refractivity contribution in [2.45, 2.75) is 13.5 Å². The van der Waals surface area contributed by atoms with Gasteiger partial charge in [-0.25, -0.2) is 0 Å². The zero-order valence-electron chi connectivity index (χ0n) is 15.5. The lowest BCUT2D eigenvalue weighted by Crippen LogP contribution is -2.52. The lowest BCUT2D eigenvalue weighted by molar-refractivity contribution is 0.168. The van der Waals surface area contributed by atoms with Crippen molar-refractivity contribution in [3.63, 3.8) is 0 Å². The van der Waals surface area contributed by atoms with E-state index in [2.05, 4.69) is 38.3 Å². The van der Waals surface area contributed by atoms with Crippen molar-refractivity contribution in [2.24, 2.45) is 4.99 Å². The van der Waals surface area contributed by atoms with Gasteiger partial charge >= 0.3 is 0 Å². The van der Waals surface area contributed by atoms with Gasteiger partial charge in [0, 0.05) is 45.8 Å². The first-order chi connectivity index (χ1) is 12.7. The van der Waals surface area contributed by atoms with E-state index >= 15 is 0 Å². The zero-order chi connectivity index (χ0) is 18.2. The predicted octanol–water partition coefficient (Wildman–Crippen LogP) is 1.76. The van der Waals surface area contributed by atoms with E-state index in [1.54, 1.807) is 6.26 Å². The highest BCUT2D eigenvalue weighted by molar-refractivity contribution is 5.80. The molecule has 0 atom stereocenters. The largest absolute Gasteiger partial charge is 0.492 e. The second-order valence-electron chi connectivity index (χ2n) is 6.39. The van der Waals surface area contributed by atoms with Crippen LogP contribution >= 0.6 is 0 Å². The monoisotopic (exact) mass is 357 g/mol. The number of hydrogen-bond acceptors (Lipinski definition) is 5. The zero-order valence-corrected chi connectivity index (χ0v) is 15.5. The van der Waals surface area contributed by atoms with Crippen LogP contribution in [0.15, 0.2) is 46.1 Å². The molecule has 7 heteroatoms. The van der Waals surface area contributed by atoms with Crippen LogP contribution in [-0.4, -0.2) is 67.3 Å². The molecular formula is C19H27N5O2. The first kappa shape index (κ1) is 18.3. The van der Waals surface area contributed by atoms with E-state index in [4.69, 9.17) is 9.26 Å². The summed E-state index contributed by atoms with van der Waals surface area (Å²) in [6, 6.07) is 10.0. The van der Waals surface area contributed by atoms with Crippen LogP contribution in [0.1, 0.15) is 11.3 Å². The number of guanidine groups is 1. The van der Waals surface area contributed by atoms with Gasteiger partial charge in [-0.15, -0.1) is 0 Å². The van der Waals surface area contributed by atoms with Gasteiger partial charge < -0.3 is 19.5 Å². The lowest BCUT2D eigenvalue weighted by atomic mass is 10.2. The third kappa shape index (κ3) is 5.23. The maximum absolute atomic E-state index is 5.78. The summed E-state index contributed by atoms with van der Waals surface area (Å²) in [6.45, 7) is 8.07. The average Bonchev–Trinajstić information content (AvgIpc) is 3.16. The molecule has 0 saturated carbocycles. The number of rotatable bonds is 6. The number of aromatic nitrogens is 1. The summed E-state index contributed by atoms with van der Waals surface area (Å²) in [5.74, 6) is 1.84. The molecule has 0 radical (unpaired) electrons. The Morgan fingerprint density at radius 2 is 2.12 bits per heavy atom. The Bertz CT molecular complexity index is 694. The van der Waals surface area contributed by atoms with Crippen LogP contribution in [0.5, 0.6) is 5.75 Å². The summed E-state index contributed by atoms with van der Waals surface area (Å²) in [7, 11) is 1.82. The summed E-state index contributed by atoms with van der Waals surface area (Å²) < 4.78 is 10.7. The molecule has 1 saturated heterocycles. The standard InChI is InChI=1S/C19H27N5O2/c1-16-4-3-5-18(14-16)25-13-7-21-19(20-2)24-10-8-23(9-11-24)15-17-6-12-26-22-17/h3-6,12,14H,7-11,13,15H2,1-2H3,(H,20,21). The van der Waals surface area contributed by atoms with E-state index in [-0.39, 0.29) is 0 Å². The highest BCUT2D eigenvalue weighted by Crippen LogP contribution is 2.12. The van der Waals surface area contributed by atoms with Crippen molar-refractivity contribution < 1.29 is 9.26 Å². The van der Waals surface area contributed by atoms with Crippen LogP contribution < -0.4 is 10.1 Å². The second kappa shape index (κ2) is 9.24. The summed E-state index contributed by atoms with van der Waals surface area (Å²) in [5, 5.41) is 7.37. The summed E-state index contributed by atoms with van der Waals surface area (Å²) in [6.07, 6.45) is 1.62. The summed E-state index contributed by atoms with van der Waals surface area (Å²) >= 11 is 0. The van der Waals surface area contributed by atoms with Crippen molar-refractivity contribution >= 4 is 5.96 Å². The Morgan fingerprint density at radius 1 is 1.27 bits per heavy atom. The van der Waals surface area contributed by atoms with Gasteiger partial charge in [-0.2, -0.15) is 0 Å². The van der Waals surface area contributed by atoms with Crippen LogP contribution in [0.4, 0.5) is 0 Å². The maximum Gasteiger partial charge on any atom is 0.193 e. The van der Waals surface area contributed by atoms with Gasteiger partial charge in [-0.05, 0) is 24.6 Å². The van der Waals surface area contributed by atoms with E-state index in [0.717, 1.165) is 56.7 Å². The van der Waals surface area contributed by atoms with Crippen LogP contribution in [0.25, 0.3) is 0 Å². The van der Waals surface area contributed by atoms with E-state index in [0.29, 0.717) is 6.61 Å². The third-order valence-corrected chi connectivity index (χ3v) is 4.40. The van der Waals surface area contributed by atoms with Gasteiger partial charge in [-0.1, -0.05) is 17.3 Å². The molecule has 7 nitrogen and oxygen atoms in total. The van der Waals surface area contributed by atoms with Crippen molar-refractivity contribution in [3.05, 3.63) is 47.9 Å². The molecule has 1 aliphatic heterocycles. The van der Waals surface area contributed by atoms with Crippen molar-refractivity contribution in [1.82, 2.24) is 20.3 Å². The van der Waals surface area contributed by atoms with Gasteiger partial charge in [0.15, 0.2) is 5.96 Å². The van der Waals surface area contributed by atoms with Crippen LogP contribution in [-0.2, 0) is 6.54 Å². The Kier molecular flexibility index (Phi) is 6.49. The van der Waals surface area contributed by atoms with E-state index in [1.807, 2.05) is 31.3 Å². The minimum Gasteiger partial charge on any atom is -0.492 e. The predicted molar refractivity (Wildman–Crippen MR) is 101 cm³/mol. The van der Waals surface area contributed by atoms with Crippen LogP contribution in [0, 0.1) is 6.92 Å². The highest BCUT2D eigenvalue weighted by atomic mass is 16.5. The molecule has 0 unspecified atom stereocenters. The fourth-order valence-electron chi connectivity index (χ4n) is 3.04. The van der Waals surface area contributed by atoms with Crippen molar-refractivity contribution in [3.8, 4) is 5.75 Å². The smallest absolute Gasteiger partial charge is 0.193 e. The number of aryl methyl sites for hydroxylation is 1. The number of ether oxygens (including phenoxy) is 1. The number of hydrogen-bond donors (Lipinski definition) is 1. The minimum atomic E-state index is 0.606. The topological polar surface area (TPSA) is 66.1 Å². The quantitative estimate of drug-likeness (QED) is 0.483.